The van der Waals surface area contributed by atoms with E-state index < -0.39 is 12.2 Å². The van der Waals surface area contributed by atoms with Gasteiger partial charge in [0.2, 0.25) is 0 Å². The number of rotatable bonds is 5. The van der Waals surface area contributed by atoms with Gasteiger partial charge in [0.05, 0.1) is 17.5 Å². The van der Waals surface area contributed by atoms with Gasteiger partial charge in [0.1, 0.15) is 6.10 Å². The van der Waals surface area contributed by atoms with Crippen molar-refractivity contribution in [2.24, 2.45) is 0 Å². The number of anilines is 2. The normalized spacial score (nSPS) is 14.6. The second kappa shape index (κ2) is 5.86. The van der Waals surface area contributed by atoms with Gasteiger partial charge in [-0.25, -0.2) is 0 Å². The van der Waals surface area contributed by atoms with E-state index in [2.05, 4.69) is 5.32 Å². The van der Waals surface area contributed by atoms with Crippen molar-refractivity contribution < 1.29 is 10.2 Å². The van der Waals surface area contributed by atoms with Gasteiger partial charge in [-0.05, 0) is 44.1 Å². The molecule has 0 aliphatic rings. The molecule has 0 bridgehead atoms. The Morgan fingerprint density at radius 2 is 1.94 bits per heavy atom. The van der Waals surface area contributed by atoms with Crippen molar-refractivity contribution in [2.75, 3.05) is 25.1 Å². The molecule has 0 spiro atoms. The fourth-order valence-corrected chi connectivity index (χ4v) is 1.70. The van der Waals surface area contributed by atoms with E-state index >= 15 is 0 Å². The first-order chi connectivity index (χ1) is 7.97. The van der Waals surface area contributed by atoms with E-state index in [-0.39, 0.29) is 0 Å². The van der Waals surface area contributed by atoms with E-state index in [0.717, 1.165) is 5.56 Å². The number of benzene rings is 1. The first-order valence-electron chi connectivity index (χ1n) is 5.63. The van der Waals surface area contributed by atoms with E-state index in [0.29, 0.717) is 29.9 Å². The zero-order valence-electron chi connectivity index (χ0n) is 10.3. The Morgan fingerprint density at radius 1 is 1.29 bits per heavy atom. The highest BCUT2D eigenvalue weighted by Gasteiger charge is 2.19. The van der Waals surface area contributed by atoms with Crippen LogP contribution in [0.1, 0.15) is 23.7 Å². The van der Waals surface area contributed by atoms with Crippen molar-refractivity contribution in [3.63, 3.8) is 0 Å². The average molecular weight is 239 g/mol. The molecule has 0 radical (unpaired) electrons. The zero-order valence-corrected chi connectivity index (χ0v) is 10.3. The molecule has 1 aromatic carbocycles. The summed E-state index contributed by atoms with van der Waals surface area (Å²) in [6.07, 6.45) is -1.28. The SMILES string of the molecule is CNCCC(O)C(O)c1cc(C)c(N)c(N)c1. The Hall–Kier alpha value is -1.30. The third-order valence-electron chi connectivity index (χ3n) is 2.84. The second-order valence-corrected chi connectivity index (χ2v) is 4.25. The van der Waals surface area contributed by atoms with Crippen molar-refractivity contribution in [1.29, 1.82) is 0 Å². The van der Waals surface area contributed by atoms with Gasteiger partial charge in [0.25, 0.3) is 0 Å². The molecule has 0 aliphatic heterocycles. The van der Waals surface area contributed by atoms with Crippen LogP contribution in [0.25, 0.3) is 0 Å². The maximum atomic E-state index is 9.98. The lowest BCUT2D eigenvalue weighted by Gasteiger charge is -2.19. The molecule has 2 unspecified atom stereocenters. The lowest BCUT2D eigenvalue weighted by molar-refractivity contribution is 0.0140. The smallest absolute Gasteiger partial charge is 0.105 e. The maximum absolute atomic E-state index is 9.98. The molecule has 2 atom stereocenters. The highest BCUT2D eigenvalue weighted by atomic mass is 16.3. The topological polar surface area (TPSA) is 105 Å². The highest BCUT2D eigenvalue weighted by molar-refractivity contribution is 5.68. The molecule has 0 aliphatic carbocycles. The summed E-state index contributed by atoms with van der Waals surface area (Å²) in [6.45, 7) is 2.46. The first-order valence-corrected chi connectivity index (χ1v) is 5.63. The van der Waals surface area contributed by atoms with Crippen LogP contribution in [-0.4, -0.2) is 29.9 Å². The summed E-state index contributed by atoms with van der Waals surface area (Å²) < 4.78 is 0. The van der Waals surface area contributed by atoms with Gasteiger partial charge in [-0.2, -0.15) is 0 Å². The molecule has 0 saturated carbocycles. The van der Waals surface area contributed by atoms with Crippen molar-refractivity contribution in [3.8, 4) is 0 Å². The van der Waals surface area contributed by atoms with Gasteiger partial charge in [0.15, 0.2) is 0 Å². The van der Waals surface area contributed by atoms with Gasteiger partial charge >= 0.3 is 0 Å². The van der Waals surface area contributed by atoms with Crippen LogP contribution in [0.2, 0.25) is 0 Å². The fourth-order valence-electron chi connectivity index (χ4n) is 1.70. The predicted molar refractivity (Wildman–Crippen MR) is 69.5 cm³/mol. The van der Waals surface area contributed by atoms with Crippen LogP contribution in [0.5, 0.6) is 0 Å². The van der Waals surface area contributed by atoms with E-state index in [4.69, 9.17) is 11.5 Å². The number of aliphatic hydroxyl groups excluding tert-OH is 2. The molecule has 0 aromatic heterocycles. The Labute approximate surface area is 101 Å². The van der Waals surface area contributed by atoms with Gasteiger partial charge in [-0.1, -0.05) is 6.07 Å². The lowest BCUT2D eigenvalue weighted by Crippen LogP contribution is -2.23. The van der Waals surface area contributed by atoms with Crippen LogP contribution in [0.3, 0.4) is 0 Å². The van der Waals surface area contributed by atoms with Crippen molar-refractivity contribution in [1.82, 2.24) is 5.32 Å². The van der Waals surface area contributed by atoms with Crippen LogP contribution < -0.4 is 16.8 Å². The van der Waals surface area contributed by atoms with Crippen LogP contribution in [0.4, 0.5) is 11.4 Å². The summed E-state index contributed by atoms with van der Waals surface area (Å²) in [5, 5.41) is 22.7. The average Bonchev–Trinajstić information content (AvgIpc) is 2.31. The Kier molecular flexibility index (Phi) is 4.74. The monoisotopic (exact) mass is 239 g/mol. The number of hydrogen-bond donors (Lipinski definition) is 5. The standard InChI is InChI=1S/C12H21N3O2/c1-7-5-8(6-9(13)11(7)14)12(17)10(16)3-4-15-2/h5-6,10,12,15-17H,3-4,13-14H2,1-2H3. The molecule has 0 saturated heterocycles. The van der Waals surface area contributed by atoms with Crippen LogP contribution in [0, 0.1) is 6.92 Å². The number of nitrogens with two attached hydrogens (primary N) is 2. The third kappa shape index (κ3) is 3.33. The Bertz CT molecular complexity index is 359. The van der Waals surface area contributed by atoms with E-state index in [9.17, 15) is 10.2 Å². The lowest BCUT2D eigenvalue weighted by atomic mass is 9.98. The molecular weight excluding hydrogens is 218 g/mol. The number of hydrogen-bond acceptors (Lipinski definition) is 5. The summed E-state index contributed by atoms with van der Waals surface area (Å²) >= 11 is 0. The highest BCUT2D eigenvalue weighted by Crippen LogP contribution is 2.27. The van der Waals surface area contributed by atoms with Crippen molar-refractivity contribution in [2.45, 2.75) is 25.6 Å². The summed E-state index contributed by atoms with van der Waals surface area (Å²) in [5.41, 5.74) is 13.8. The van der Waals surface area contributed by atoms with E-state index in [1.165, 1.54) is 0 Å². The maximum Gasteiger partial charge on any atom is 0.105 e. The van der Waals surface area contributed by atoms with Gasteiger partial charge in [-0.15, -0.1) is 0 Å². The van der Waals surface area contributed by atoms with Crippen LogP contribution in [-0.2, 0) is 0 Å². The van der Waals surface area contributed by atoms with Gasteiger partial charge < -0.3 is 27.0 Å². The minimum absolute atomic E-state index is 0.430. The van der Waals surface area contributed by atoms with Crippen LogP contribution >= 0.6 is 0 Å². The fraction of sp³-hybridized carbons (Fsp3) is 0.500. The molecule has 5 heteroatoms. The summed E-state index contributed by atoms with van der Waals surface area (Å²) in [7, 11) is 1.80. The molecule has 17 heavy (non-hydrogen) atoms. The van der Waals surface area contributed by atoms with E-state index in [1.54, 1.807) is 19.2 Å². The van der Waals surface area contributed by atoms with Gasteiger partial charge in [-0.3, -0.25) is 0 Å². The van der Waals surface area contributed by atoms with Gasteiger partial charge in [0, 0.05) is 0 Å². The first kappa shape index (κ1) is 13.8. The molecular formula is C12H21N3O2. The summed E-state index contributed by atoms with van der Waals surface area (Å²) in [5.74, 6) is 0. The number of nitrogens with one attached hydrogen (secondary N) is 1. The molecule has 7 N–H and O–H groups in total. The molecule has 96 valence electrons. The largest absolute Gasteiger partial charge is 0.397 e. The molecule has 0 heterocycles. The Morgan fingerprint density at radius 3 is 2.47 bits per heavy atom. The minimum Gasteiger partial charge on any atom is -0.397 e. The van der Waals surface area contributed by atoms with E-state index in [1.807, 2.05) is 6.92 Å². The molecule has 1 rings (SSSR count). The molecule has 5 nitrogen and oxygen atoms in total. The number of nitrogen functional groups attached to an aromatic ring is 2. The van der Waals surface area contributed by atoms with Crippen molar-refractivity contribution >= 4 is 11.4 Å². The summed E-state index contributed by atoms with van der Waals surface area (Å²) in [6, 6.07) is 3.36. The zero-order chi connectivity index (χ0) is 13.0. The predicted octanol–water partition coefficient (Wildman–Crippen LogP) is 0.163. The minimum atomic E-state index is -0.940. The molecule has 1 aromatic rings. The quantitative estimate of drug-likeness (QED) is 0.471. The Balaban J connectivity index is 2.85. The number of aryl methyl sites for hydroxylation is 1. The second-order valence-electron chi connectivity index (χ2n) is 4.25. The molecule has 0 fully saturated rings. The third-order valence-corrected chi connectivity index (χ3v) is 2.84. The number of aliphatic hydroxyl groups is 2. The molecule has 0 amide bonds. The van der Waals surface area contributed by atoms with Crippen LogP contribution in [0.15, 0.2) is 12.1 Å². The van der Waals surface area contributed by atoms with Crippen molar-refractivity contribution in [3.05, 3.63) is 23.3 Å². The summed E-state index contributed by atoms with van der Waals surface area (Å²) in [4.78, 5) is 0.